The van der Waals surface area contributed by atoms with Crippen molar-refractivity contribution in [3.63, 3.8) is 0 Å². The summed E-state index contributed by atoms with van der Waals surface area (Å²) < 4.78 is 0. The molecule has 10 heteroatoms. The van der Waals surface area contributed by atoms with Crippen molar-refractivity contribution in [3.05, 3.63) is 88.2 Å². The average Bonchev–Trinajstić information content (AvgIpc) is 3.00. The van der Waals surface area contributed by atoms with Crippen LogP contribution in [0.25, 0.3) is 11.8 Å². The Morgan fingerprint density at radius 3 is 2.64 bits per heavy atom. The highest BCUT2D eigenvalue weighted by Crippen LogP contribution is 2.27. The molecule has 0 unspecified atom stereocenters. The second-order valence-electron chi connectivity index (χ2n) is 10.5. The first kappa shape index (κ1) is 31.0. The number of aliphatic imine (C=N–C) groups is 2. The number of pyridine rings is 1. The molecule has 1 amide bonds. The number of carbonyl (C=O) groups excluding carboxylic acids is 1. The van der Waals surface area contributed by atoms with Gasteiger partial charge in [-0.25, -0.2) is 4.99 Å². The molecule has 2 aromatic rings. The van der Waals surface area contributed by atoms with Crippen LogP contribution in [0.5, 0.6) is 0 Å². The van der Waals surface area contributed by atoms with Crippen LogP contribution in [0.3, 0.4) is 0 Å². The van der Waals surface area contributed by atoms with Crippen LogP contribution in [-0.4, -0.2) is 96.4 Å². The average molecular weight is 589 g/mol. The molecule has 222 valence electrons. The zero-order valence-corrected chi connectivity index (χ0v) is 25.8. The number of carbonyl (C=O) groups is 1. The maximum Gasteiger partial charge on any atom is 0.241 e. The van der Waals surface area contributed by atoms with Crippen LogP contribution in [0.15, 0.2) is 70.9 Å². The minimum Gasteiger partial charge on any atom is -0.376 e. The summed E-state index contributed by atoms with van der Waals surface area (Å²) in [5.74, 6) is 0.124. The van der Waals surface area contributed by atoms with Gasteiger partial charge in [0, 0.05) is 76.3 Å². The van der Waals surface area contributed by atoms with Gasteiger partial charge in [-0.3, -0.25) is 14.8 Å². The Morgan fingerprint density at radius 2 is 1.93 bits per heavy atom. The standard InChI is InChI=1S/C25H33N7O.C7H8ClN/c1-4-26-8-10-31-18-23(27-16-24(33)32-13-11-29(2)12-14-32)25(28-19-31)21-5-6-22-17-30(3)9-7-20(22)15-21;1-2-6-3-7(8)5-9-4-6/h4-10,15,19,27H,11-14,16-18H2,1-3H3;3-5H,2H2,1H3/b10-8-,26-4?;. The minimum absolute atomic E-state index is 0.124. The quantitative estimate of drug-likeness (QED) is 0.485. The van der Waals surface area contributed by atoms with E-state index in [4.69, 9.17) is 16.6 Å². The first-order valence-corrected chi connectivity index (χ1v) is 14.7. The van der Waals surface area contributed by atoms with E-state index in [-0.39, 0.29) is 12.5 Å². The maximum absolute atomic E-state index is 12.8. The van der Waals surface area contributed by atoms with Crippen molar-refractivity contribution in [1.29, 1.82) is 0 Å². The molecule has 42 heavy (non-hydrogen) atoms. The summed E-state index contributed by atoms with van der Waals surface area (Å²) in [6, 6.07) is 8.40. The fraction of sp³-hybridized carbons (Fsp3) is 0.375. The Labute approximate surface area is 254 Å². The van der Waals surface area contributed by atoms with Crippen LogP contribution < -0.4 is 5.32 Å². The molecule has 1 aromatic heterocycles. The van der Waals surface area contributed by atoms with E-state index in [0.29, 0.717) is 11.6 Å². The van der Waals surface area contributed by atoms with E-state index in [1.165, 1.54) is 16.7 Å². The number of likely N-dealkylation sites (N-methyl/N-ethyl adjacent to an activating group) is 1. The lowest BCUT2D eigenvalue weighted by atomic mass is 9.99. The first-order valence-electron chi connectivity index (χ1n) is 14.3. The summed E-state index contributed by atoms with van der Waals surface area (Å²) in [4.78, 5) is 34.0. The molecular weight excluding hydrogens is 548 g/mol. The summed E-state index contributed by atoms with van der Waals surface area (Å²) >= 11 is 5.66. The zero-order chi connectivity index (χ0) is 29.9. The van der Waals surface area contributed by atoms with Gasteiger partial charge in [-0.15, -0.1) is 0 Å². The second-order valence-corrected chi connectivity index (χ2v) is 10.9. The predicted molar refractivity (Wildman–Crippen MR) is 173 cm³/mol. The summed E-state index contributed by atoms with van der Waals surface area (Å²) in [5.41, 5.74) is 6.54. The van der Waals surface area contributed by atoms with Crippen LogP contribution in [-0.2, 0) is 17.8 Å². The van der Waals surface area contributed by atoms with Crippen molar-refractivity contribution in [2.75, 3.05) is 53.4 Å². The van der Waals surface area contributed by atoms with Gasteiger partial charge in [0.15, 0.2) is 0 Å². The number of amides is 1. The van der Waals surface area contributed by atoms with Crippen LogP contribution in [0.4, 0.5) is 0 Å². The molecule has 5 rings (SSSR count). The van der Waals surface area contributed by atoms with Crippen LogP contribution in [0.1, 0.15) is 36.1 Å². The SMILES string of the molecule is CC=N/C=C\N1C=NC(c2ccc3c(c2)C=CN(C)C3)=C(NCC(=O)N2CCN(C)CC2)C1.CCc1cncc(Cl)c1. The number of hydrogen-bond acceptors (Lipinski definition) is 8. The van der Waals surface area contributed by atoms with Crippen molar-refractivity contribution in [3.8, 4) is 0 Å². The highest BCUT2D eigenvalue weighted by atomic mass is 35.5. The van der Waals surface area contributed by atoms with E-state index in [2.05, 4.69) is 76.6 Å². The Kier molecular flexibility index (Phi) is 11.3. The van der Waals surface area contributed by atoms with Gasteiger partial charge in [-0.05, 0) is 61.5 Å². The minimum atomic E-state index is 0.124. The summed E-state index contributed by atoms with van der Waals surface area (Å²) in [6.45, 7) is 9.09. The number of nitrogens with zero attached hydrogens (tertiary/aromatic N) is 7. The van der Waals surface area contributed by atoms with E-state index >= 15 is 0 Å². The Bertz CT molecular complexity index is 1370. The van der Waals surface area contributed by atoms with Gasteiger partial charge in [0.1, 0.15) is 0 Å². The van der Waals surface area contributed by atoms with Crippen molar-refractivity contribution < 1.29 is 4.79 Å². The summed E-state index contributed by atoms with van der Waals surface area (Å²) in [6.07, 6.45) is 15.9. The van der Waals surface area contributed by atoms with Gasteiger partial charge in [0.2, 0.25) is 5.91 Å². The molecule has 0 saturated carbocycles. The van der Waals surface area contributed by atoms with E-state index in [0.717, 1.165) is 56.1 Å². The molecule has 1 saturated heterocycles. The molecule has 0 aliphatic carbocycles. The number of benzene rings is 1. The van der Waals surface area contributed by atoms with Gasteiger partial charge < -0.3 is 24.9 Å². The lowest BCUT2D eigenvalue weighted by molar-refractivity contribution is -0.131. The number of halogens is 1. The monoisotopic (exact) mass is 588 g/mol. The molecule has 0 spiro atoms. The topological polar surface area (TPSA) is 79.7 Å². The fourth-order valence-electron chi connectivity index (χ4n) is 4.77. The molecule has 1 N–H and O–H groups in total. The molecule has 0 radical (unpaired) electrons. The lowest BCUT2D eigenvalue weighted by Crippen LogP contribution is -2.49. The highest BCUT2D eigenvalue weighted by Gasteiger charge is 2.21. The van der Waals surface area contributed by atoms with Crippen molar-refractivity contribution in [2.45, 2.75) is 26.8 Å². The number of aryl methyl sites for hydroxylation is 1. The van der Waals surface area contributed by atoms with E-state index in [1.807, 2.05) is 41.5 Å². The lowest BCUT2D eigenvalue weighted by Gasteiger charge is -2.33. The van der Waals surface area contributed by atoms with Gasteiger partial charge >= 0.3 is 0 Å². The summed E-state index contributed by atoms with van der Waals surface area (Å²) in [7, 11) is 4.17. The third-order valence-corrected chi connectivity index (χ3v) is 7.49. The molecule has 3 aliphatic rings. The third-order valence-electron chi connectivity index (χ3n) is 7.28. The predicted octanol–water partition coefficient (Wildman–Crippen LogP) is 4.34. The second kappa shape index (κ2) is 15.3. The highest BCUT2D eigenvalue weighted by molar-refractivity contribution is 6.30. The Morgan fingerprint density at radius 1 is 1.12 bits per heavy atom. The number of aromatic nitrogens is 1. The molecule has 3 aliphatic heterocycles. The molecule has 1 fully saturated rings. The molecule has 9 nitrogen and oxygen atoms in total. The van der Waals surface area contributed by atoms with Gasteiger partial charge in [-0.1, -0.05) is 30.7 Å². The maximum atomic E-state index is 12.8. The third kappa shape index (κ3) is 8.77. The Balaban J connectivity index is 0.000000385. The normalized spacial score (nSPS) is 17.1. The number of piperazine rings is 1. The molecule has 4 heterocycles. The first-order chi connectivity index (χ1) is 20.4. The largest absolute Gasteiger partial charge is 0.376 e. The van der Waals surface area contributed by atoms with E-state index in [1.54, 1.807) is 18.6 Å². The molecular formula is C32H41ClN8O. The number of hydrogen-bond donors (Lipinski definition) is 1. The van der Waals surface area contributed by atoms with Crippen LogP contribution >= 0.6 is 11.6 Å². The molecule has 0 atom stereocenters. The van der Waals surface area contributed by atoms with Crippen LogP contribution in [0, 0.1) is 0 Å². The van der Waals surface area contributed by atoms with Gasteiger partial charge in [-0.2, -0.15) is 0 Å². The molecule has 1 aromatic carbocycles. The van der Waals surface area contributed by atoms with Crippen molar-refractivity contribution in [1.82, 2.24) is 29.9 Å². The number of fused-ring (bicyclic) bond motifs is 1. The number of rotatable bonds is 7. The fourth-order valence-corrected chi connectivity index (χ4v) is 4.96. The van der Waals surface area contributed by atoms with E-state index in [9.17, 15) is 4.79 Å². The number of nitrogens with one attached hydrogen (secondary N) is 1. The summed E-state index contributed by atoms with van der Waals surface area (Å²) in [5, 5.41) is 4.12. The van der Waals surface area contributed by atoms with Gasteiger partial charge in [0.05, 0.1) is 35.8 Å². The van der Waals surface area contributed by atoms with Crippen LogP contribution in [0.2, 0.25) is 5.02 Å². The Hall–Kier alpha value is -3.95. The molecule has 0 bridgehead atoms. The van der Waals surface area contributed by atoms with Crippen molar-refractivity contribution >= 4 is 41.8 Å². The van der Waals surface area contributed by atoms with E-state index < -0.39 is 0 Å². The van der Waals surface area contributed by atoms with Crippen molar-refractivity contribution in [2.24, 2.45) is 9.98 Å². The van der Waals surface area contributed by atoms with Gasteiger partial charge in [0.25, 0.3) is 0 Å². The smallest absolute Gasteiger partial charge is 0.241 e. The zero-order valence-electron chi connectivity index (χ0n) is 25.0.